The molecule has 2 amide bonds. The number of aromatic nitrogens is 1. The van der Waals surface area contributed by atoms with Gasteiger partial charge in [-0.1, -0.05) is 25.1 Å². The predicted molar refractivity (Wildman–Crippen MR) is 133 cm³/mol. The summed E-state index contributed by atoms with van der Waals surface area (Å²) in [6, 6.07) is 15.2. The monoisotopic (exact) mass is 475 g/mol. The zero-order valence-electron chi connectivity index (χ0n) is 20.6. The number of rotatable bonds is 6. The van der Waals surface area contributed by atoms with Gasteiger partial charge in [-0.25, -0.2) is 0 Å². The number of furan rings is 1. The summed E-state index contributed by atoms with van der Waals surface area (Å²) in [5.74, 6) is 1.75. The molecule has 1 fully saturated rings. The SMILES string of the molecule is COc1ccccc1CN1C(=O)c2ccc(-c3ccco3)n2CC1(C)C(=O)NC1CCC(C)CC1. The van der Waals surface area contributed by atoms with Crippen LogP contribution in [0.1, 0.15) is 55.6 Å². The molecular formula is C28H33N3O4. The minimum Gasteiger partial charge on any atom is -0.496 e. The highest BCUT2D eigenvalue weighted by Crippen LogP contribution is 2.36. The average molecular weight is 476 g/mol. The molecule has 1 N–H and O–H groups in total. The predicted octanol–water partition coefficient (Wildman–Crippen LogP) is 4.87. The van der Waals surface area contributed by atoms with Crippen molar-refractivity contribution in [1.82, 2.24) is 14.8 Å². The number of nitrogens with one attached hydrogen (secondary N) is 1. The highest BCUT2D eigenvalue weighted by atomic mass is 16.5. The summed E-state index contributed by atoms with van der Waals surface area (Å²) in [7, 11) is 1.62. The summed E-state index contributed by atoms with van der Waals surface area (Å²) in [5, 5.41) is 3.29. The van der Waals surface area contributed by atoms with E-state index in [1.165, 1.54) is 0 Å². The molecule has 0 radical (unpaired) electrons. The second-order valence-electron chi connectivity index (χ2n) is 10.1. The molecule has 1 saturated carbocycles. The molecular weight excluding hydrogens is 442 g/mol. The van der Waals surface area contributed by atoms with Crippen LogP contribution in [0.5, 0.6) is 5.75 Å². The van der Waals surface area contributed by atoms with Crippen molar-refractivity contribution in [3.8, 4) is 17.2 Å². The number of hydrogen-bond acceptors (Lipinski definition) is 4. The third-order valence-corrected chi connectivity index (χ3v) is 7.64. The number of carbonyl (C=O) groups is 2. The van der Waals surface area contributed by atoms with E-state index in [-0.39, 0.29) is 24.4 Å². The minimum absolute atomic E-state index is 0.120. The van der Waals surface area contributed by atoms with Crippen LogP contribution in [0.3, 0.4) is 0 Å². The Hall–Kier alpha value is -3.48. The van der Waals surface area contributed by atoms with Crippen molar-refractivity contribution in [3.05, 3.63) is 66.1 Å². The van der Waals surface area contributed by atoms with Crippen molar-refractivity contribution in [2.75, 3.05) is 7.11 Å². The summed E-state index contributed by atoms with van der Waals surface area (Å²) in [6.07, 6.45) is 5.77. The molecule has 5 rings (SSSR count). The van der Waals surface area contributed by atoms with Gasteiger partial charge in [0.25, 0.3) is 5.91 Å². The molecule has 2 aliphatic rings. The first-order valence-electron chi connectivity index (χ1n) is 12.4. The lowest BCUT2D eigenvalue weighted by Gasteiger charge is -2.45. The van der Waals surface area contributed by atoms with E-state index in [1.807, 2.05) is 60.0 Å². The van der Waals surface area contributed by atoms with Gasteiger partial charge >= 0.3 is 0 Å². The van der Waals surface area contributed by atoms with E-state index in [1.54, 1.807) is 18.3 Å². The van der Waals surface area contributed by atoms with Crippen LogP contribution in [0, 0.1) is 5.92 Å². The maximum absolute atomic E-state index is 13.9. The minimum atomic E-state index is -1.09. The third kappa shape index (κ3) is 4.24. The van der Waals surface area contributed by atoms with E-state index in [9.17, 15) is 9.59 Å². The van der Waals surface area contributed by atoms with Crippen molar-refractivity contribution in [3.63, 3.8) is 0 Å². The molecule has 7 heteroatoms. The van der Waals surface area contributed by atoms with Gasteiger partial charge < -0.3 is 23.9 Å². The lowest BCUT2D eigenvalue weighted by atomic mass is 9.86. The van der Waals surface area contributed by atoms with Gasteiger partial charge in [-0.05, 0) is 68.9 Å². The maximum Gasteiger partial charge on any atom is 0.271 e. The van der Waals surface area contributed by atoms with Gasteiger partial charge in [0, 0.05) is 11.6 Å². The Balaban J connectivity index is 1.52. The highest BCUT2D eigenvalue weighted by molar-refractivity contribution is 6.00. The van der Waals surface area contributed by atoms with Gasteiger partial charge in [0.05, 0.1) is 32.2 Å². The van der Waals surface area contributed by atoms with Crippen molar-refractivity contribution < 1.29 is 18.7 Å². The normalized spacial score (nSPS) is 24.2. The Bertz CT molecular complexity index is 1210. The van der Waals surface area contributed by atoms with Gasteiger partial charge in [0.2, 0.25) is 5.91 Å². The van der Waals surface area contributed by atoms with Crippen LogP contribution in [0.4, 0.5) is 0 Å². The first-order chi connectivity index (χ1) is 16.9. The van der Waals surface area contributed by atoms with E-state index in [0.29, 0.717) is 29.7 Å². The van der Waals surface area contributed by atoms with Gasteiger partial charge in [0.15, 0.2) is 0 Å². The van der Waals surface area contributed by atoms with E-state index >= 15 is 0 Å². The topological polar surface area (TPSA) is 76.7 Å². The maximum atomic E-state index is 13.9. The molecule has 0 saturated heterocycles. The number of methoxy groups -OCH3 is 1. The third-order valence-electron chi connectivity index (χ3n) is 7.64. The van der Waals surface area contributed by atoms with Crippen molar-refractivity contribution in [2.24, 2.45) is 5.92 Å². The Morgan fingerprint density at radius 3 is 2.54 bits per heavy atom. The van der Waals surface area contributed by atoms with Crippen molar-refractivity contribution in [1.29, 1.82) is 0 Å². The van der Waals surface area contributed by atoms with Crippen LogP contribution in [-0.4, -0.2) is 40.0 Å². The highest BCUT2D eigenvalue weighted by Gasteiger charge is 2.48. The average Bonchev–Trinajstić information content (AvgIpc) is 3.53. The zero-order chi connectivity index (χ0) is 24.6. The van der Waals surface area contributed by atoms with Crippen LogP contribution in [0.15, 0.2) is 59.2 Å². The van der Waals surface area contributed by atoms with Crippen molar-refractivity contribution in [2.45, 2.75) is 64.2 Å². The molecule has 2 aromatic heterocycles. The molecule has 1 atom stereocenters. The van der Waals surface area contributed by atoms with Gasteiger partial charge in [-0.15, -0.1) is 0 Å². The number of nitrogens with zero attached hydrogens (tertiary/aromatic N) is 2. The standard InChI is InChI=1S/C28H33N3O4/c1-19-10-12-21(13-11-19)29-27(33)28(2)18-30-22(25-9-6-16-35-25)14-15-23(30)26(32)31(28)17-20-7-4-5-8-24(20)34-3/h4-9,14-16,19,21H,10-13,17-18H2,1-3H3,(H,29,33). The van der Waals surface area contributed by atoms with Crippen LogP contribution in [-0.2, 0) is 17.9 Å². The number of para-hydroxylation sites is 1. The van der Waals surface area contributed by atoms with Gasteiger partial charge in [0.1, 0.15) is 22.7 Å². The molecule has 1 aromatic carbocycles. The van der Waals surface area contributed by atoms with E-state index < -0.39 is 5.54 Å². The number of benzene rings is 1. The molecule has 184 valence electrons. The molecule has 3 aromatic rings. The molecule has 0 bridgehead atoms. The molecule has 1 unspecified atom stereocenters. The van der Waals surface area contributed by atoms with Crippen molar-refractivity contribution >= 4 is 11.8 Å². The first-order valence-corrected chi connectivity index (χ1v) is 12.4. The smallest absolute Gasteiger partial charge is 0.271 e. The number of hydrogen-bond donors (Lipinski definition) is 1. The first kappa shape index (κ1) is 23.3. The summed E-state index contributed by atoms with van der Waals surface area (Å²) in [6.45, 7) is 4.74. The van der Waals surface area contributed by atoms with E-state index in [0.717, 1.165) is 36.9 Å². The van der Waals surface area contributed by atoms with E-state index in [2.05, 4.69) is 12.2 Å². The lowest BCUT2D eigenvalue weighted by Crippen LogP contribution is -2.64. The largest absolute Gasteiger partial charge is 0.496 e. The fourth-order valence-corrected chi connectivity index (χ4v) is 5.41. The van der Waals surface area contributed by atoms with E-state index in [4.69, 9.17) is 9.15 Å². The number of ether oxygens (including phenoxy) is 1. The summed E-state index contributed by atoms with van der Waals surface area (Å²) < 4.78 is 13.1. The quantitative estimate of drug-likeness (QED) is 0.552. The second kappa shape index (κ2) is 9.29. The Kier molecular flexibility index (Phi) is 6.17. The number of carbonyl (C=O) groups excluding carboxylic acids is 2. The summed E-state index contributed by atoms with van der Waals surface area (Å²) in [4.78, 5) is 29.5. The fourth-order valence-electron chi connectivity index (χ4n) is 5.41. The zero-order valence-corrected chi connectivity index (χ0v) is 20.6. The summed E-state index contributed by atoms with van der Waals surface area (Å²) >= 11 is 0. The summed E-state index contributed by atoms with van der Waals surface area (Å²) in [5.41, 5.74) is 1.11. The lowest BCUT2D eigenvalue weighted by molar-refractivity contribution is -0.134. The molecule has 7 nitrogen and oxygen atoms in total. The molecule has 1 aliphatic heterocycles. The Labute approximate surface area is 206 Å². The molecule has 1 aliphatic carbocycles. The molecule has 35 heavy (non-hydrogen) atoms. The number of fused-ring (bicyclic) bond motifs is 1. The second-order valence-corrected chi connectivity index (χ2v) is 10.1. The molecule has 0 spiro atoms. The van der Waals surface area contributed by atoms with Crippen LogP contribution >= 0.6 is 0 Å². The van der Waals surface area contributed by atoms with Gasteiger partial charge in [-0.2, -0.15) is 0 Å². The Morgan fingerprint density at radius 2 is 1.83 bits per heavy atom. The number of amides is 2. The Morgan fingerprint density at radius 1 is 1.09 bits per heavy atom. The van der Waals surface area contributed by atoms with Crippen LogP contribution < -0.4 is 10.1 Å². The van der Waals surface area contributed by atoms with Gasteiger partial charge in [-0.3, -0.25) is 9.59 Å². The van der Waals surface area contributed by atoms with Crippen LogP contribution in [0.2, 0.25) is 0 Å². The fraction of sp³-hybridized carbons (Fsp3) is 0.429. The molecule has 3 heterocycles. The van der Waals surface area contributed by atoms with Crippen LogP contribution in [0.25, 0.3) is 11.5 Å².